The average molecular weight is 464 g/mol. The van der Waals surface area contributed by atoms with Crippen molar-refractivity contribution in [2.24, 2.45) is 0 Å². The number of nitro groups is 1. The number of thiocarbonyl (C=S) groups is 1. The fourth-order valence-corrected chi connectivity index (χ4v) is 2.43. The van der Waals surface area contributed by atoms with Crippen LogP contribution in [0.5, 0.6) is 0 Å². The first-order valence-corrected chi connectivity index (χ1v) is 9.60. The van der Waals surface area contributed by atoms with Crippen LogP contribution in [0.1, 0.15) is 6.92 Å². The van der Waals surface area contributed by atoms with Crippen LogP contribution in [0.25, 0.3) is 0 Å². The van der Waals surface area contributed by atoms with Crippen LogP contribution in [0.2, 0.25) is 5.02 Å². The van der Waals surface area contributed by atoms with Crippen LogP contribution in [-0.4, -0.2) is 28.5 Å². The van der Waals surface area contributed by atoms with Crippen molar-refractivity contribution >= 4 is 57.9 Å². The summed E-state index contributed by atoms with van der Waals surface area (Å²) in [4.78, 5) is 34.7. The molecule has 0 fully saturated rings. The molecule has 2 rings (SSSR count). The normalized spacial score (nSPS) is 10.6. The number of ether oxygens (including phenoxy) is 1. The number of nitrogens with one attached hydrogen (secondary N) is 4. The van der Waals surface area contributed by atoms with Crippen LogP contribution in [0.3, 0.4) is 0 Å². The molecule has 2 aromatic rings. The molecule has 0 heterocycles. The number of hydrogen-bond acceptors (Lipinski definition) is 7. The second kappa shape index (κ2) is 11.5. The third kappa shape index (κ3) is 7.57. The first kappa shape index (κ1) is 23.6. The highest BCUT2D eigenvalue weighted by Gasteiger charge is 2.20. The number of anilines is 2. The van der Waals surface area contributed by atoms with Crippen LogP contribution in [0, 0.1) is 10.1 Å². The summed E-state index contributed by atoms with van der Waals surface area (Å²) in [5, 5.41) is 16.9. The van der Waals surface area contributed by atoms with E-state index in [2.05, 4.69) is 21.5 Å². The number of halogens is 1. The maximum Gasteiger partial charge on any atom is 0.345 e. The van der Waals surface area contributed by atoms with Crippen LogP contribution in [0.15, 0.2) is 60.3 Å². The average Bonchev–Trinajstić information content (AvgIpc) is 2.74. The van der Waals surface area contributed by atoms with E-state index < -0.39 is 16.8 Å². The third-order valence-electron chi connectivity index (χ3n) is 3.59. The van der Waals surface area contributed by atoms with Crippen LogP contribution in [0.4, 0.5) is 17.1 Å². The molecular weight excluding hydrogens is 446 g/mol. The summed E-state index contributed by atoms with van der Waals surface area (Å²) >= 11 is 11.0. The lowest BCUT2D eigenvalue weighted by atomic mass is 10.2. The molecule has 0 atom stereocenters. The van der Waals surface area contributed by atoms with Crippen LogP contribution >= 0.6 is 23.8 Å². The molecule has 31 heavy (non-hydrogen) atoms. The lowest BCUT2D eigenvalue weighted by molar-refractivity contribution is -0.384. The van der Waals surface area contributed by atoms with Gasteiger partial charge in [-0.2, -0.15) is 0 Å². The Bertz CT molecular complexity index is 996. The Labute approximate surface area is 187 Å². The van der Waals surface area contributed by atoms with Gasteiger partial charge in [0.15, 0.2) is 5.11 Å². The molecule has 0 aliphatic rings. The van der Waals surface area contributed by atoms with E-state index in [0.717, 1.165) is 6.20 Å². The molecule has 0 aliphatic carbocycles. The number of hydrazine groups is 1. The topological polar surface area (TPSA) is 135 Å². The number of esters is 1. The summed E-state index contributed by atoms with van der Waals surface area (Å²) in [5.41, 5.74) is 5.45. The maximum absolute atomic E-state index is 12.4. The SMILES string of the molecule is CCOC(=O)C(=CNC(=S)Nc1ccc(Cl)cc1)C(=O)NNc1ccc([N+](=O)[O-])cc1. The van der Waals surface area contributed by atoms with E-state index in [1.165, 1.54) is 24.3 Å². The first-order chi connectivity index (χ1) is 14.8. The van der Waals surface area contributed by atoms with Gasteiger partial charge in [0.25, 0.3) is 11.6 Å². The lowest BCUT2D eigenvalue weighted by Crippen LogP contribution is -2.35. The van der Waals surface area contributed by atoms with Crippen molar-refractivity contribution in [1.29, 1.82) is 0 Å². The van der Waals surface area contributed by atoms with E-state index >= 15 is 0 Å². The molecule has 10 nitrogen and oxygen atoms in total. The smallest absolute Gasteiger partial charge is 0.345 e. The molecule has 0 aliphatic heterocycles. The van der Waals surface area contributed by atoms with Crippen molar-refractivity contribution in [2.45, 2.75) is 6.92 Å². The highest BCUT2D eigenvalue weighted by molar-refractivity contribution is 7.80. The highest BCUT2D eigenvalue weighted by atomic mass is 35.5. The summed E-state index contributed by atoms with van der Waals surface area (Å²) in [7, 11) is 0. The van der Waals surface area contributed by atoms with Gasteiger partial charge >= 0.3 is 5.97 Å². The Morgan fingerprint density at radius 3 is 2.32 bits per heavy atom. The predicted octanol–water partition coefficient (Wildman–Crippen LogP) is 3.12. The van der Waals surface area contributed by atoms with Gasteiger partial charge in [0, 0.05) is 29.0 Å². The van der Waals surface area contributed by atoms with Gasteiger partial charge in [-0.15, -0.1) is 0 Å². The van der Waals surface area contributed by atoms with Crippen molar-refractivity contribution < 1.29 is 19.2 Å². The number of carbonyl (C=O) groups excluding carboxylic acids is 2. The minimum absolute atomic E-state index is 0.0622. The fraction of sp³-hybridized carbons (Fsp3) is 0.105. The lowest BCUT2D eigenvalue weighted by Gasteiger charge is -2.12. The standard InChI is InChI=1S/C19H18ClN5O5S/c1-2-30-18(27)16(11-21-19(31)22-13-5-3-12(20)4-6-13)17(26)24-23-14-7-9-15(10-8-14)25(28)29/h3-11,23H,2H2,1H3,(H,24,26)(H2,21,22,31). The predicted molar refractivity (Wildman–Crippen MR) is 120 cm³/mol. The number of benzene rings is 2. The van der Waals surface area contributed by atoms with E-state index in [1.54, 1.807) is 31.2 Å². The molecule has 0 saturated heterocycles. The molecule has 0 bridgehead atoms. The molecule has 0 unspecified atom stereocenters. The first-order valence-electron chi connectivity index (χ1n) is 8.81. The summed E-state index contributed by atoms with van der Waals surface area (Å²) in [6, 6.07) is 12.1. The molecule has 2 aromatic carbocycles. The molecule has 0 saturated carbocycles. The quantitative estimate of drug-likeness (QED) is 0.0885. The van der Waals surface area contributed by atoms with Crippen molar-refractivity contribution in [1.82, 2.24) is 10.7 Å². The van der Waals surface area contributed by atoms with Crippen LogP contribution in [-0.2, 0) is 14.3 Å². The van der Waals surface area contributed by atoms with Crippen molar-refractivity contribution in [3.05, 3.63) is 75.4 Å². The number of nitro benzene ring substituents is 1. The summed E-state index contributed by atoms with van der Waals surface area (Å²) < 4.78 is 4.89. The minimum Gasteiger partial charge on any atom is -0.462 e. The molecule has 12 heteroatoms. The van der Waals surface area contributed by atoms with Gasteiger partial charge < -0.3 is 15.4 Å². The molecule has 0 spiro atoms. The van der Waals surface area contributed by atoms with Gasteiger partial charge in [-0.1, -0.05) is 11.6 Å². The number of amides is 1. The summed E-state index contributed by atoms with van der Waals surface area (Å²) in [5.74, 6) is -1.68. The summed E-state index contributed by atoms with van der Waals surface area (Å²) in [6.45, 7) is 1.66. The molecule has 0 radical (unpaired) electrons. The number of carbonyl (C=O) groups is 2. The Morgan fingerprint density at radius 1 is 1.13 bits per heavy atom. The van der Waals surface area contributed by atoms with Gasteiger partial charge in [-0.05, 0) is 55.5 Å². The van der Waals surface area contributed by atoms with Gasteiger partial charge in [-0.3, -0.25) is 25.8 Å². The molecular formula is C19H18ClN5O5S. The third-order valence-corrected chi connectivity index (χ3v) is 4.06. The highest BCUT2D eigenvalue weighted by Crippen LogP contribution is 2.15. The number of non-ortho nitro benzene ring substituents is 1. The van der Waals surface area contributed by atoms with Crippen LogP contribution < -0.4 is 21.5 Å². The second-order valence-electron chi connectivity index (χ2n) is 5.77. The Hall–Kier alpha value is -3.70. The zero-order valence-electron chi connectivity index (χ0n) is 16.2. The zero-order valence-corrected chi connectivity index (χ0v) is 17.8. The Balaban J connectivity index is 2.02. The zero-order chi connectivity index (χ0) is 22.8. The Kier molecular flexibility index (Phi) is 8.73. The van der Waals surface area contributed by atoms with Gasteiger partial charge in [0.2, 0.25) is 0 Å². The van der Waals surface area contributed by atoms with E-state index in [9.17, 15) is 19.7 Å². The van der Waals surface area contributed by atoms with E-state index in [1.807, 2.05) is 0 Å². The van der Waals surface area contributed by atoms with Gasteiger partial charge in [0.1, 0.15) is 5.57 Å². The van der Waals surface area contributed by atoms with E-state index in [-0.39, 0.29) is 23.0 Å². The maximum atomic E-state index is 12.4. The van der Waals surface area contributed by atoms with Gasteiger partial charge in [-0.25, -0.2) is 4.79 Å². The second-order valence-corrected chi connectivity index (χ2v) is 6.61. The largest absolute Gasteiger partial charge is 0.462 e. The van der Waals surface area contributed by atoms with Crippen molar-refractivity contribution in [3.8, 4) is 0 Å². The monoisotopic (exact) mass is 463 g/mol. The summed E-state index contributed by atoms with van der Waals surface area (Å²) in [6.07, 6.45) is 1.11. The number of rotatable bonds is 8. The number of hydrogen-bond donors (Lipinski definition) is 4. The minimum atomic E-state index is -0.868. The Morgan fingerprint density at radius 2 is 1.74 bits per heavy atom. The fourth-order valence-electron chi connectivity index (χ4n) is 2.13. The van der Waals surface area contributed by atoms with E-state index in [0.29, 0.717) is 16.4 Å². The van der Waals surface area contributed by atoms with Crippen molar-refractivity contribution in [2.75, 3.05) is 17.3 Å². The molecule has 0 aromatic heterocycles. The molecule has 1 amide bonds. The van der Waals surface area contributed by atoms with Crippen molar-refractivity contribution in [3.63, 3.8) is 0 Å². The van der Waals surface area contributed by atoms with Gasteiger partial charge in [0.05, 0.1) is 17.2 Å². The molecule has 4 N–H and O–H groups in total. The molecule has 162 valence electrons. The van der Waals surface area contributed by atoms with E-state index in [4.69, 9.17) is 28.6 Å². The number of nitrogens with zero attached hydrogens (tertiary/aromatic N) is 1.